The van der Waals surface area contributed by atoms with Gasteiger partial charge in [-0.25, -0.2) is 8.42 Å². The molecule has 2 unspecified atom stereocenters. The average molecular weight is 308 g/mol. The fraction of sp³-hybridized carbons (Fsp3) is 0.429. The Morgan fingerprint density at radius 1 is 1.14 bits per heavy atom. The molecule has 7 heteroatoms. The third kappa shape index (κ3) is 3.68. The van der Waals surface area contributed by atoms with Gasteiger partial charge in [-0.05, 0) is 31.5 Å². The van der Waals surface area contributed by atoms with E-state index in [1.165, 1.54) is 6.26 Å². The van der Waals surface area contributed by atoms with Crippen molar-refractivity contribution in [2.24, 2.45) is 7.05 Å². The summed E-state index contributed by atoms with van der Waals surface area (Å²) in [4.78, 5) is 0.333. The van der Waals surface area contributed by atoms with E-state index in [0.29, 0.717) is 4.90 Å². The Morgan fingerprint density at radius 3 is 2.24 bits per heavy atom. The molecule has 0 aliphatic heterocycles. The zero-order valence-corrected chi connectivity index (χ0v) is 13.4. The normalized spacial score (nSPS) is 14.9. The van der Waals surface area contributed by atoms with Crippen LogP contribution in [0.1, 0.15) is 37.3 Å². The number of aromatic nitrogens is 3. The lowest BCUT2D eigenvalue weighted by atomic mass is 10.1. The van der Waals surface area contributed by atoms with E-state index in [0.717, 1.165) is 11.4 Å². The highest BCUT2D eigenvalue weighted by atomic mass is 32.2. The summed E-state index contributed by atoms with van der Waals surface area (Å²) >= 11 is 0. The largest absolute Gasteiger partial charge is 0.319 e. The Morgan fingerprint density at radius 2 is 1.76 bits per heavy atom. The summed E-state index contributed by atoms with van der Waals surface area (Å²) in [6.45, 7) is 4.05. The lowest BCUT2D eigenvalue weighted by Gasteiger charge is -2.19. The number of nitrogens with zero attached hydrogens (tertiary/aromatic N) is 3. The zero-order valence-electron chi connectivity index (χ0n) is 12.6. The van der Waals surface area contributed by atoms with Crippen LogP contribution in [0.15, 0.2) is 35.5 Å². The van der Waals surface area contributed by atoms with Crippen molar-refractivity contribution in [3.8, 4) is 0 Å². The predicted octanol–water partition coefficient (Wildman–Crippen LogP) is 1.63. The molecule has 1 aromatic heterocycles. The highest BCUT2D eigenvalue weighted by Gasteiger charge is 2.15. The highest BCUT2D eigenvalue weighted by Crippen LogP contribution is 2.19. The maximum absolute atomic E-state index is 11.5. The van der Waals surface area contributed by atoms with E-state index in [1.807, 2.05) is 37.6 Å². The Bertz CT molecular complexity index is 707. The van der Waals surface area contributed by atoms with Gasteiger partial charge in [0, 0.05) is 19.3 Å². The van der Waals surface area contributed by atoms with Crippen LogP contribution in [0.3, 0.4) is 0 Å². The average Bonchev–Trinajstić information content (AvgIpc) is 2.84. The number of rotatable bonds is 5. The molecule has 114 valence electrons. The molecular formula is C14H20N4O2S. The van der Waals surface area contributed by atoms with Gasteiger partial charge < -0.3 is 9.88 Å². The highest BCUT2D eigenvalue weighted by molar-refractivity contribution is 7.90. The molecular weight excluding hydrogens is 288 g/mol. The van der Waals surface area contributed by atoms with E-state index in [2.05, 4.69) is 15.5 Å². The van der Waals surface area contributed by atoms with Gasteiger partial charge in [0.05, 0.1) is 10.9 Å². The number of hydrogen-bond acceptors (Lipinski definition) is 5. The van der Waals surface area contributed by atoms with E-state index in [9.17, 15) is 8.42 Å². The monoisotopic (exact) mass is 308 g/mol. The van der Waals surface area contributed by atoms with E-state index >= 15 is 0 Å². The second-order valence-corrected chi connectivity index (χ2v) is 7.27. The maximum Gasteiger partial charge on any atom is 0.175 e. The molecule has 2 atom stereocenters. The number of sulfone groups is 1. The number of benzene rings is 1. The van der Waals surface area contributed by atoms with Gasteiger partial charge in [0.1, 0.15) is 12.2 Å². The quantitative estimate of drug-likeness (QED) is 0.908. The van der Waals surface area contributed by atoms with Gasteiger partial charge in [-0.2, -0.15) is 0 Å². The smallest absolute Gasteiger partial charge is 0.175 e. The van der Waals surface area contributed by atoms with Crippen molar-refractivity contribution in [3.05, 3.63) is 42.0 Å². The Kier molecular flexibility index (Phi) is 4.43. The summed E-state index contributed by atoms with van der Waals surface area (Å²) in [7, 11) is -1.25. The van der Waals surface area contributed by atoms with Gasteiger partial charge in [-0.15, -0.1) is 10.2 Å². The molecule has 0 aliphatic carbocycles. The number of nitrogens with one attached hydrogen (secondary N) is 1. The molecule has 21 heavy (non-hydrogen) atoms. The molecule has 0 amide bonds. The Balaban J connectivity index is 2.10. The Labute approximate surface area is 125 Å². The predicted molar refractivity (Wildman–Crippen MR) is 80.5 cm³/mol. The Hall–Kier alpha value is -1.73. The third-order valence-corrected chi connectivity index (χ3v) is 4.57. The van der Waals surface area contributed by atoms with Crippen LogP contribution in [0.25, 0.3) is 0 Å². The molecule has 2 rings (SSSR count). The summed E-state index contributed by atoms with van der Waals surface area (Å²) in [6, 6.07) is 7.05. The van der Waals surface area contributed by atoms with Crippen LogP contribution in [-0.2, 0) is 16.9 Å². The molecule has 0 fully saturated rings. The molecule has 1 aromatic carbocycles. The third-order valence-electron chi connectivity index (χ3n) is 3.44. The van der Waals surface area contributed by atoms with Crippen LogP contribution in [0.4, 0.5) is 0 Å². The minimum atomic E-state index is -3.15. The second-order valence-electron chi connectivity index (χ2n) is 5.25. The van der Waals surface area contributed by atoms with Gasteiger partial charge in [0.2, 0.25) is 0 Å². The SMILES string of the molecule is CC(NC(C)c1nncn1C)c1ccc(S(C)(=O)=O)cc1. The maximum atomic E-state index is 11.5. The number of aryl methyl sites for hydroxylation is 1. The van der Waals surface area contributed by atoms with Crippen molar-refractivity contribution >= 4 is 9.84 Å². The van der Waals surface area contributed by atoms with Crippen molar-refractivity contribution in [1.29, 1.82) is 0 Å². The van der Waals surface area contributed by atoms with Crippen LogP contribution in [0.5, 0.6) is 0 Å². The summed E-state index contributed by atoms with van der Waals surface area (Å²) in [5.74, 6) is 0.856. The standard InChI is InChI=1S/C14H20N4O2S/c1-10(16-11(2)14-17-15-9-18(14)3)12-5-7-13(8-6-12)21(4,19)20/h5-11,16H,1-4H3. The first-order chi connectivity index (χ1) is 9.79. The van der Waals surface area contributed by atoms with E-state index in [4.69, 9.17) is 0 Å². The van der Waals surface area contributed by atoms with Crippen molar-refractivity contribution in [2.45, 2.75) is 30.8 Å². The molecule has 0 saturated carbocycles. The molecule has 1 N–H and O–H groups in total. The minimum Gasteiger partial charge on any atom is -0.319 e. The van der Waals surface area contributed by atoms with Gasteiger partial charge >= 0.3 is 0 Å². The van der Waals surface area contributed by atoms with Crippen molar-refractivity contribution in [2.75, 3.05) is 6.26 Å². The summed E-state index contributed by atoms with van der Waals surface area (Å²) < 4.78 is 24.8. The van der Waals surface area contributed by atoms with Crippen LogP contribution < -0.4 is 5.32 Å². The van der Waals surface area contributed by atoms with Crippen molar-refractivity contribution < 1.29 is 8.42 Å². The van der Waals surface area contributed by atoms with Gasteiger partial charge in [-0.1, -0.05) is 12.1 Å². The molecule has 2 aromatic rings. The molecule has 0 saturated heterocycles. The molecule has 0 aliphatic rings. The molecule has 1 heterocycles. The van der Waals surface area contributed by atoms with E-state index in [-0.39, 0.29) is 12.1 Å². The van der Waals surface area contributed by atoms with Crippen molar-refractivity contribution in [3.63, 3.8) is 0 Å². The van der Waals surface area contributed by atoms with Crippen LogP contribution in [0.2, 0.25) is 0 Å². The topological polar surface area (TPSA) is 76.9 Å². The lowest BCUT2D eigenvalue weighted by molar-refractivity contribution is 0.466. The summed E-state index contributed by atoms with van der Waals surface area (Å²) in [5, 5.41) is 11.4. The van der Waals surface area contributed by atoms with Crippen LogP contribution in [-0.4, -0.2) is 29.4 Å². The minimum absolute atomic E-state index is 0.0436. The fourth-order valence-electron chi connectivity index (χ4n) is 2.23. The van der Waals surface area contributed by atoms with Gasteiger partial charge in [0.15, 0.2) is 9.84 Å². The molecule has 0 radical (unpaired) electrons. The zero-order chi connectivity index (χ0) is 15.6. The van der Waals surface area contributed by atoms with Crippen molar-refractivity contribution in [1.82, 2.24) is 20.1 Å². The van der Waals surface area contributed by atoms with E-state index in [1.54, 1.807) is 18.5 Å². The molecule has 6 nitrogen and oxygen atoms in total. The first kappa shape index (κ1) is 15.7. The first-order valence-corrected chi connectivity index (χ1v) is 8.58. The summed E-state index contributed by atoms with van der Waals surface area (Å²) in [6.07, 6.45) is 2.87. The second kappa shape index (κ2) is 5.95. The van der Waals surface area contributed by atoms with Gasteiger partial charge in [0.25, 0.3) is 0 Å². The first-order valence-electron chi connectivity index (χ1n) is 6.69. The van der Waals surface area contributed by atoms with Gasteiger partial charge in [-0.3, -0.25) is 0 Å². The molecule has 0 bridgehead atoms. The van der Waals surface area contributed by atoms with Crippen LogP contribution in [0, 0.1) is 0 Å². The van der Waals surface area contributed by atoms with E-state index < -0.39 is 9.84 Å². The summed E-state index contributed by atoms with van der Waals surface area (Å²) in [5.41, 5.74) is 1.02. The lowest BCUT2D eigenvalue weighted by Crippen LogP contribution is -2.24. The molecule has 0 spiro atoms. The number of hydrogen-bond donors (Lipinski definition) is 1. The van der Waals surface area contributed by atoms with Crippen LogP contribution >= 0.6 is 0 Å². The fourth-order valence-corrected chi connectivity index (χ4v) is 2.86.